The van der Waals surface area contributed by atoms with E-state index in [4.69, 9.17) is 4.52 Å². The number of nitrogens with zero attached hydrogens (tertiary/aromatic N) is 4. The summed E-state index contributed by atoms with van der Waals surface area (Å²) in [7, 11) is 0. The Morgan fingerprint density at radius 2 is 1.87 bits per heavy atom. The van der Waals surface area contributed by atoms with Crippen molar-refractivity contribution < 1.29 is 9.63 Å². The highest BCUT2D eigenvalue weighted by molar-refractivity contribution is 5.49. The molecule has 0 aliphatic carbocycles. The molecule has 1 aromatic carbocycles. The summed E-state index contributed by atoms with van der Waals surface area (Å²) >= 11 is 0. The van der Waals surface area contributed by atoms with Gasteiger partial charge in [0.1, 0.15) is 5.75 Å². The predicted octanol–water partition coefficient (Wildman–Crippen LogP) is 2.61. The van der Waals surface area contributed by atoms with Crippen molar-refractivity contribution in [3.05, 3.63) is 36.0 Å². The molecule has 124 valence electrons. The summed E-state index contributed by atoms with van der Waals surface area (Å²) < 4.78 is 5.41. The van der Waals surface area contributed by atoms with Gasteiger partial charge in [-0.05, 0) is 37.6 Å². The van der Waals surface area contributed by atoms with Gasteiger partial charge in [-0.25, -0.2) is 0 Å². The highest BCUT2D eigenvalue weighted by atomic mass is 16.5. The Morgan fingerprint density at radius 1 is 1.17 bits per heavy atom. The number of aromatic nitrogens is 2. The molecule has 1 saturated heterocycles. The van der Waals surface area contributed by atoms with E-state index >= 15 is 0 Å². The third-order valence-electron chi connectivity index (χ3n) is 4.39. The van der Waals surface area contributed by atoms with Crippen LogP contribution >= 0.6 is 0 Å². The fourth-order valence-corrected chi connectivity index (χ4v) is 2.95. The lowest BCUT2D eigenvalue weighted by atomic mass is 10.2. The van der Waals surface area contributed by atoms with E-state index in [2.05, 4.69) is 33.8 Å². The van der Waals surface area contributed by atoms with Gasteiger partial charge >= 0.3 is 0 Å². The molecule has 1 aliphatic rings. The van der Waals surface area contributed by atoms with Crippen LogP contribution in [-0.2, 0) is 6.42 Å². The van der Waals surface area contributed by atoms with E-state index in [1.165, 1.54) is 0 Å². The van der Waals surface area contributed by atoms with E-state index in [1.54, 1.807) is 12.1 Å². The van der Waals surface area contributed by atoms with Crippen molar-refractivity contribution in [3.8, 4) is 5.75 Å². The van der Waals surface area contributed by atoms with Crippen molar-refractivity contribution in [2.24, 2.45) is 0 Å². The summed E-state index contributed by atoms with van der Waals surface area (Å²) in [6, 6.07) is 7.54. The van der Waals surface area contributed by atoms with Crippen LogP contribution in [0.15, 0.2) is 28.8 Å². The van der Waals surface area contributed by atoms with Crippen molar-refractivity contribution in [1.29, 1.82) is 0 Å². The monoisotopic (exact) mass is 316 g/mol. The van der Waals surface area contributed by atoms with Crippen LogP contribution in [0.5, 0.6) is 5.75 Å². The molecule has 6 nitrogen and oxygen atoms in total. The van der Waals surface area contributed by atoms with Crippen molar-refractivity contribution in [2.45, 2.75) is 32.7 Å². The fourth-order valence-electron chi connectivity index (χ4n) is 2.95. The van der Waals surface area contributed by atoms with E-state index in [0.29, 0.717) is 11.6 Å². The highest BCUT2D eigenvalue weighted by Crippen LogP contribution is 2.24. The van der Waals surface area contributed by atoms with Crippen LogP contribution in [0.4, 0.5) is 5.69 Å². The summed E-state index contributed by atoms with van der Waals surface area (Å²) in [4.78, 5) is 9.21. The van der Waals surface area contributed by atoms with Crippen LogP contribution in [0.3, 0.4) is 0 Å². The topological polar surface area (TPSA) is 65.6 Å². The molecule has 6 heteroatoms. The van der Waals surface area contributed by atoms with E-state index in [-0.39, 0.29) is 6.04 Å². The number of hydrogen-bond acceptors (Lipinski definition) is 6. The Hall–Kier alpha value is -2.08. The molecule has 0 spiro atoms. The largest absolute Gasteiger partial charge is 0.508 e. The van der Waals surface area contributed by atoms with Crippen molar-refractivity contribution in [1.82, 2.24) is 15.0 Å². The van der Waals surface area contributed by atoms with E-state index in [1.807, 2.05) is 12.1 Å². The van der Waals surface area contributed by atoms with Gasteiger partial charge in [0.15, 0.2) is 5.82 Å². The van der Waals surface area contributed by atoms with Gasteiger partial charge < -0.3 is 14.5 Å². The Labute approximate surface area is 136 Å². The van der Waals surface area contributed by atoms with Gasteiger partial charge in [0, 0.05) is 38.3 Å². The molecule has 2 aromatic rings. The molecule has 1 N–H and O–H groups in total. The molecule has 1 unspecified atom stereocenters. The lowest BCUT2D eigenvalue weighted by Crippen LogP contribution is -2.47. The first-order chi connectivity index (χ1) is 11.2. The molecule has 0 radical (unpaired) electrons. The standard InChI is InChI=1S/C17H24N4O2/c1-3-4-16-18-17(23-19-16)13(2)20-9-11-21(12-10-20)14-5-7-15(22)8-6-14/h5-8,13,22H,3-4,9-12H2,1-2H3. The van der Waals surface area contributed by atoms with E-state index in [9.17, 15) is 5.11 Å². The van der Waals surface area contributed by atoms with Crippen LogP contribution in [-0.4, -0.2) is 46.3 Å². The molecule has 0 saturated carbocycles. The zero-order valence-corrected chi connectivity index (χ0v) is 13.8. The number of aromatic hydroxyl groups is 1. The molecular weight excluding hydrogens is 292 g/mol. The number of aryl methyl sites for hydroxylation is 1. The second-order valence-corrected chi connectivity index (χ2v) is 6.01. The number of rotatable bonds is 5. The maximum atomic E-state index is 9.39. The molecule has 0 amide bonds. The van der Waals surface area contributed by atoms with Crippen molar-refractivity contribution in [3.63, 3.8) is 0 Å². The maximum absolute atomic E-state index is 9.39. The molecule has 1 aliphatic heterocycles. The van der Waals surface area contributed by atoms with Gasteiger partial charge in [0.2, 0.25) is 5.89 Å². The van der Waals surface area contributed by atoms with Crippen molar-refractivity contribution in [2.75, 3.05) is 31.1 Å². The summed E-state index contributed by atoms with van der Waals surface area (Å²) in [5.41, 5.74) is 1.15. The fraction of sp³-hybridized carbons (Fsp3) is 0.529. The first-order valence-corrected chi connectivity index (χ1v) is 8.28. The number of anilines is 1. The SMILES string of the molecule is CCCc1noc(C(C)N2CCN(c3ccc(O)cc3)CC2)n1. The van der Waals surface area contributed by atoms with Crippen LogP contribution in [0.2, 0.25) is 0 Å². The molecule has 1 atom stereocenters. The maximum Gasteiger partial charge on any atom is 0.243 e. The number of phenols is 1. The van der Waals surface area contributed by atoms with Crippen LogP contribution in [0.1, 0.15) is 38.0 Å². The van der Waals surface area contributed by atoms with Gasteiger partial charge in [-0.2, -0.15) is 4.98 Å². The van der Waals surface area contributed by atoms with Crippen LogP contribution in [0.25, 0.3) is 0 Å². The van der Waals surface area contributed by atoms with Gasteiger partial charge in [-0.15, -0.1) is 0 Å². The lowest BCUT2D eigenvalue weighted by Gasteiger charge is -2.38. The van der Waals surface area contributed by atoms with E-state index < -0.39 is 0 Å². The summed E-state index contributed by atoms with van der Waals surface area (Å²) in [6.07, 6.45) is 1.89. The molecule has 0 bridgehead atoms. The molecule has 1 aromatic heterocycles. The third kappa shape index (κ3) is 3.64. The molecule has 3 rings (SSSR count). The Morgan fingerprint density at radius 3 is 2.52 bits per heavy atom. The minimum absolute atomic E-state index is 0.148. The average Bonchev–Trinajstić information content (AvgIpc) is 3.04. The zero-order valence-electron chi connectivity index (χ0n) is 13.8. The summed E-state index contributed by atoms with van der Waals surface area (Å²) in [5.74, 6) is 1.82. The van der Waals surface area contributed by atoms with Gasteiger partial charge in [0.25, 0.3) is 0 Å². The van der Waals surface area contributed by atoms with Crippen LogP contribution in [0, 0.1) is 0 Å². The quantitative estimate of drug-likeness (QED) is 0.914. The summed E-state index contributed by atoms with van der Waals surface area (Å²) in [5, 5.41) is 13.4. The average molecular weight is 316 g/mol. The summed E-state index contributed by atoms with van der Waals surface area (Å²) in [6.45, 7) is 8.04. The number of benzene rings is 1. The highest BCUT2D eigenvalue weighted by Gasteiger charge is 2.25. The second kappa shape index (κ2) is 7.00. The Balaban J connectivity index is 1.58. The predicted molar refractivity (Wildman–Crippen MR) is 88.6 cm³/mol. The number of phenolic OH excluding ortho intramolecular Hbond substituents is 1. The van der Waals surface area contributed by atoms with Crippen molar-refractivity contribution >= 4 is 5.69 Å². The van der Waals surface area contributed by atoms with Crippen LogP contribution < -0.4 is 4.90 Å². The van der Waals surface area contributed by atoms with Gasteiger partial charge in [0.05, 0.1) is 6.04 Å². The minimum Gasteiger partial charge on any atom is -0.508 e. The molecule has 23 heavy (non-hydrogen) atoms. The Kier molecular flexibility index (Phi) is 4.81. The second-order valence-electron chi connectivity index (χ2n) is 6.01. The first kappa shape index (κ1) is 15.8. The zero-order chi connectivity index (χ0) is 16.2. The normalized spacial score (nSPS) is 17.4. The van der Waals surface area contributed by atoms with Gasteiger partial charge in [-0.3, -0.25) is 4.90 Å². The minimum atomic E-state index is 0.148. The number of hydrogen-bond donors (Lipinski definition) is 1. The number of piperazine rings is 1. The smallest absolute Gasteiger partial charge is 0.243 e. The molecule has 1 fully saturated rings. The van der Waals surface area contributed by atoms with Gasteiger partial charge in [-0.1, -0.05) is 12.1 Å². The molecular formula is C17H24N4O2. The lowest BCUT2D eigenvalue weighted by molar-refractivity contribution is 0.164. The Bertz CT molecular complexity index is 618. The molecule has 2 heterocycles. The first-order valence-electron chi connectivity index (χ1n) is 8.28. The van der Waals surface area contributed by atoms with E-state index in [0.717, 1.165) is 50.5 Å². The third-order valence-corrected chi connectivity index (χ3v) is 4.39.